The molecule has 1 aromatic carbocycles. The van der Waals surface area contributed by atoms with Crippen LogP contribution < -0.4 is 10.5 Å². The number of rotatable bonds is 3. The fourth-order valence-electron chi connectivity index (χ4n) is 4.74. The van der Waals surface area contributed by atoms with Crippen molar-refractivity contribution in [2.45, 2.75) is 25.8 Å². The summed E-state index contributed by atoms with van der Waals surface area (Å²) in [6.45, 7) is 4.31. The van der Waals surface area contributed by atoms with Crippen molar-refractivity contribution in [1.29, 1.82) is 0 Å². The van der Waals surface area contributed by atoms with Crippen molar-refractivity contribution in [3.63, 3.8) is 0 Å². The molecule has 0 spiro atoms. The van der Waals surface area contributed by atoms with Gasteiger partial charge in [0.05, 0.1) is 5.56 Å². The smallest absolute Gasteiger partial charge is 0.335 e. The monoisotopic (exact) mass is 402 g/mol. The molecule has 0 saturated carbocycles. The number of aromatic nitrogens is 3. The predicted molar refractivity (Wildman–Crippen MR) is 113 cm³/mol. The number of benzene rings is 1. The fourth-order valence-corrected chi connectivity index (χ4v) is 4.74. The van der Waals surface area contributed by atoms with Gasteiger partial charge in [-0.1, -0.05) is 12.1 Å². The molecule has 152 valence electrons. The molecule has 7 nitrogen and oxygen atoms in total. The predicted octanol–water partition coefficient (Wildman–Crippen LogP) is 2.94. The molecule has 2 aliphatic heterocycles. The number of carbonyl (C=O) groups is 1. The van der Waals surface area contributed by atoms with Crippen molar-refractivity contribution >= 4 is 11.8 Å². The molecule has 2 atom stereocenters. The molecule has 30 heavy (non-hydrogen) atoms. The number of aryl methyl sites for hydroxylation is 1. The topological polar surface area (TPSA) is 88.3 Å². The quantitative estimate of drug-likeness (QED) is 0.725. The van der Waals surface area contributed by atoms with Crippen molar-refractivity contribution in [2.75, 3.05) is 18.0 Å². The number of pyridine rings is 1. The summed E-state index contributed by atoms with van der Waals surface area (Å²) >= 11 is 0. The molecule has 1 N–H and O–H groups in total. The van der Waals surface area contributed by atoms with E-state index in [0.29, 0.717) is 12.5 Å². The van der Waals surface area contributed by atoms with E-state index in [1.165, 1.54) is 0 Å². The molecule has 3 aromatic rings. The van der Waals surface area contributed by atoms with E-state index in [1.807, 2.05) is 17.6 Å². The Morgan fingerprint density at radius 3 is 2.60 bits per heavy atom. The van der Waals surface area contributed by atoms with Crippen molar-refractivity contribution < 1.29 is 9.90 Å². The SMILES string of the molecule is Cc1nccc(N2C[C@@H]3C[C@H](C2)c2cc(-c4ccc(C(=O)O)cc4)cc(=O)n2C3)n1. The summed E-state index contributed by atoms with van der Waals surface area (Å²) in [5.74, 6) is 1.39. The lowest BCUT2D eigenvalue weighted by atomic mass is 9.82. The van der Waals surface area contributed by atoms with Gasteiger partial charge in [-0.3, -0.25) is 4.79 Å². The maximum absolute atomic E-state index is 12.9. The molecule has 2 aliphatic rings. The Bertz CT molecular complexity index is 1190. The second kappa shape index (κ2) is 7.09. The molecule has 2 bridgehead atoms. The molecular weight excluding hydrogens is 380 g/mol. The maximum atomic E-state index is 12.9. The molecule has 5 rings (SSSR count). The third-order valence-electron chi connectivity index (χ3n) is 6.11. The lowest BCUT2D eigenvalue weighted by Gasteiger charge is -2.43. The van der Waals surface area contributed by atoms with Crippen LogP contribution in [0.1, 0.15) is 34.2 Å². The van der Waals surface area contributed by atoms with Crippen molar-refractivity contribution in [1.82, 2.24) is 14.5 Å². The van der Waals surface area contributed by atoms with Crippen molar-refractivity contribution in [2.24, 2.45) is 5.92 Å². The van der Waals surface area contributed by atoms with E-state index in [4.69, 9.17) is 5.11 Å². The van der Waals surface area contributed by atoms with Gasteiger partial charge in [-0.2, -0.15) is 0 Å². The number of carboxylic acids is 1. The third-order valence-corrected chi connectivity index (χ3v) is 6.11. The van der Waals surface area contributed by atoms with Gasteiger partial charge in [0.1, 0.15) is 11.6 Å². The van der Waals surface area contributed by atoms with Crippen molar-refractivity contribution in [3.05, 3.63) is 76.1 Å². The summed E-state index contributed by atoms with van der Waals surface area (Å²) in [7, 11) is 0. The average Bonchev–Trinajstić information content (AvgIpc) is 2.74. The highest BCUT2D eigenvalue weighted by Gasteiger charge is 2.35. The molecular formula is C23H22N4O3. The second-order valence-electron chi connectivity index (χ2n) is 8.17. The molecule has 0 aliphatic carbocycles. The summed E-state index contributed by atoms with van der Waals surface area (Å²) in [4.78, 5) is 35.1. The van der Waals surface area contributed by atoms with E-state index in [2.05, 4.69) is 20.9 Å². The van der Waals surface area contributed by atoms with Gasteiger partial charge in [-0.15, -0.1) is 0 Å². The molecule has 7 heteroatoms. The number of nitrogens with zero attached hydrogens (tertiary/aromatic N) is 4. The zero-order chi connectivity index (χ0) is 20.8. The summed E-state index contributed by atoms with van der Waals surface area (Å²) in [5.41, 5.74) is 2.97. The van der Waals surface area contributed by atoms with Crippen LogP contribution in [0.5, 0.6) is 0 Å². The Morgan fingerprint density at radius 1 is 1.07 bits per heavy atom. The first-order valence-electron chi connectivity index (χ1n) is 10.1. The van der Waals surface area contributed by atoms with Gasteiger partial charge in [0.25, 0.3) is 5.56 Å². The van der Waals surface area contributed by atoms with E-state index in [-0.39, 0.29) is 17.0 Å². The van der Waals surface area contributed by atoms with E-state index < -0.39 is 5.97 Å². The molecule has 2 aromatic heterocycles. The van der Waals surface area contributed by atoms with Gasteiger partial charge in [0.2, 0.25) is 0 Å². The average molecular weight is 402 g/mol. The molecule has 0 unspecified atom stereocenters. The number of carboxylic acid groups (broad SMARTS) is 1. The lowest BCUT2D eigenvalue weighted by Crippen LogP contribution is -2.47. The van der Waals surface area contributed by atoms with Crippen LogP contribution in [-0.2, 0) is 6.54 Å². The Morgan fingerprint density at radius 2 is 1.87 bits per heavy atom. The van der Waals surface area contributed by atoms with Crippen LogP contribution in [0.2, 0.25) is 0 Å². The van der Waals surface area contributed by atoms with E-state index in [9.17, 15) is 9.59 Å². The van der Waals surface area contributed by atoms with Gasteiger partial charge in [-0.25, -0.2) is 14.8 Å². The lowest BCUT2D eigenvalue weighted by molar-refractivity contribution is 0.0697. The maximum Gasteiger partial charge on any atom is 0.335 e. The second-order valence-corrected chi connectivity index (χ2v) is 8.17. The minimum atomic E-state index is -0.958. The van der Waals surface area contributed by atoms with Crippen LogP contribution in [-0.4, -0.2) is 38.7 Å². The number of piperidine rings is 1. The molecule has 1 fully saturated rings. The van der Waals surface area contributed by atoms with Crippen LogP contribution in [0.3, 0.4) is 0 Å². The van der Waals surface area contributed by atoms with Crippen molar-refractivity contribution in [3.8, 4) is 11.1 Å². The first-order valence-corrected chi connectivity index (χ1v) is 10.1. The number of aromatic carboxylic acids is 1. The summed E-state index contributed by atoms with van der Waals surface area (Å²) < 4.78 is 1.91. The van der Waals surface area contributed by atoms with Gasteiger partial charge in [0, 0.05) is 43.5 Å². The van der Waals surface area contributed by atoms with E-state index in [0.717, 1.165) is 48.0 Å². The highest BCUT2D eigenvalue weighted by molar-refractivity contribution is 5.88. The van der Waals surface area contributed by atoms with Crippen LogP contribution in [0.25, 0.3) is 11.1 Å². The fraction of sp³-hybridized carbons (Fsp3) is 0.304. The normalized spacial score (nSPS) is 20.0. The van der Waals surface area contributed by atoms with Crippen LogP contribution >= 0.6 is 0 Å². The largest absolute Gasteiger partial charge is 0.478 e. The minimum Gasteiger partial charge on any atom is -0.478 e. The zero-order valence-electron chi connectivity index (χ0n) is 16.7. The van der Waals surface area contributed by atoms with E-state index in [1.54, 1.807) is 36.5 Å². The van der Waals surface area contributed by atoms with E-state index >= 15 is 0 Å². The first kappa shape index (κ1) is 18.5. The minimum absolute atomic E-state index is 0.00541. The zero-order valence-corrected chi connectivity index (χ0v) is 16.7. The highest BCUT2D eigenvalue weighted by Crippen LogP contribution is 2.37. The van der Waals surface area contributed by atoms with Gasteiger partial charge in [-0.05, 0) is 54.7 Å². The number of hydrogen-bond acceptors (Lipinski definition) is 5. The van der Waals surface area contributed by atoms with Crippen LogP contribution in [0.15, 0.2) is 53.5 Å². The standard InChI is InChI=1S/C23H22N4O3/c1-14-24-7-6-21(25-14)26-11-15-8-19(13-26)20-9-18(10-22(28)27(20)12-15)16-2-4-17(5-3-16)23(29)30/h2-7,9-10,15,19H,8,11-13H2,1H3,(H,29,30)/t15-,19+/m0/s1. The Balaban J connectivity index is 1.50. The summed E-state index contributed by atoms with van der Waals surface area (Å²) in [5, 5.41) is 9.12. The molecule has 1 saturated heterocycles. The summed E-state index contributed by atoms with van der Waals surface area (Å²) in [6, 6.07) is 12.4. The number of hydrogen-bond donors (Lipinski definition) is 1. The molecule has 0 radical (unpaired) electrons. The Labute approximate surface area is 173 Å². The Kier molecular flexibility index (Phi) is 4.38. The number of anilines is 1. The van der Waals surface area contributed by atoms with Gasteiger partial charge in [0.15, 0.2) is 0 Å². The van der Waals surface area contributed by atoms with Crippen LogP contribution in [0, 0.1) is 12.8 Å². The van der Waals surface area contributed by atoms with Crippen LogP contribution in [0.4, 0.5) is 5.82 Å². The highest BCUT2D eigenvalue weighted by atomic mass is 16.4. The van der Waals surface area contributed by atoms with Gasteiger partial charge >= 0.3 is 5.97 Å². The number of fused-ring (bicyclic) bond motifs is 4. The molecule has 4 heterocycles. The third kappa shape index (κ3) is 3.26. The summed E-state index contributed by atoms with van der Waals surface area (Å²) in [6.07, 6.45) is 2.85. The molecule has 0 amide bonds. The Hall–Kier alpha value is -3.48. The van der Waals surface area contributed by atoms with Gasteiger partial charge < -0.3 is 14.6 Å². The first-order chi connectivity index (χ1) is 14.5.